The van der Waals surface area contributed by atoms with Crippen LogP contribution in [-0.2, 0) is 9.47 Å². The number of aryl methyl sites for hydroxylation is 1. The van der Waals surface area contributed by atoms with Crippen LogP contribution in [0.15, 0.2) is 18.2 Å². The van der Waals surface area contributed by atoms with Crippen LogP contribution >= 0.6 is 0 Å². The summed E-state index contributed by atoms with van der Waals surface area (Å²) >= 11 is 0. The van der Waals surface area contributed by atoms with Gasteiger partial charge in [-0.05, 0) is 37.5 Å². The molecule has 0 unspecified atom stereocenters. The highest BCUT2D eigenvalue weighted by Gasteiger charge is 1.98. The van der Waals surface area contributed by atoms with Crippen LogP contribution < -0.4 is 11.1 Å². The van der Waals surface area contributed by atoms with Crippen molar-refractivity contribution < 1.29 is 9.47 Å². The lowest BCUT2D eigenvalue weighted by molar-refractivity contribution is 0.0691. The minimum absolute atomic E-state index is 0.665. The fourth-order valence-corrected chi connectivity index (χ4v) is 1.64. The maximum atomic E-state index is 5.92. The maximum Gasteiger partial charge on any atom is 0.0700 e. The first-order chi connectivity index (χ1) is 8.74. The van der Waals surface area contributed by atoms with Crippen molar-refractivity contribution in [2.75, 3.05) is 44.5 Å². The minimum Gasteiger partial charge on any atom is -0.397 e. The molecular weight excluding hydrogens is 228 g/mol. The Morgan fingerprint density at radius 3 is 2.72 bits per heavy atom. The monoisotopic (exact) mass is 252 g/mol. The second-order valence-corrected chi connectivity index (χ2v) is 4.33. The van der Waals surface area contributed by atoms with Crippen LogP contribution in [0.3, 0.4) is 0 Å². The van der Waals surface area contributed by atoms with E-state index in [1.54, 1.807) is 7.11 Å². The van der Waals surface area contributed by atoms with E-state index < -0.39 is 0 Å². The predicted molar refractivity (Wildman–Crippen MR) is 76.0 cm³/mol. The number of anilines is 2. The molecule has 0 saturated carbocycles. The number of nitrogen functional groups attached to an aromatic ring is 1. The Labute approximate surface area is 109 Å². The Hall–Kier alpha value is -1.26. The van der Waals surface area contributed by atoms with Crippen molar-refractivity contribution in [1.82, 2.24) is 0 Å². The molecule has 0 radical (unpaired) electrons. The van der Waals surface area contributed by atoms with Crippen molar-refractivity contribution in [2.45, 2.75) is 19.8 Å². The third-order valence-corrected chi connectivity index (χ3v) is 2.67. The zero-order chi connectivity index (χ0) is 13.2. The van der Waals surface area contributed by atoms with Gasteiger partial charge in [-0.15, -0.1) is 0 Å². The smallest absolute Gasteiger partial charge is 0.0700 e. The number of nitrogens with two attached hydrogens (primary N) is 1. The van der Waals surface area contributed by atoms with Crippen LogP contribution in [0.1, 0.15) is 18.4 Å². The topological polar surface area (TPSA) is 56.5 Å². The van der Waals surface area contributed by atoms with Gasteiger partial charge in [0.25, 0.3) is 0 Å². The summed E-state index contributed by atoms with van der Waals surface area (Å²) in [4.78, 5) is 0. The van der Waals surface area contributed by atoms with E-state index >= 15 is 0 Å². The van der Waals surface area contributed by atoms with Crippen LogP contribution in [0.25, 0.3) is 0 Å². The van der Waals surface area contributed by atoms with Gasteiger partial charge >= 0.3 is 0 Å². The van der Waals surface area contributed by atoms with E-state index in [4.69, 9.17) is 15.2 Å². The van der Waals surface area contributed by atoms with E-state index in [2.05, 4.69) is 11.4 Å². The van der Waals surface area contributed by atoms with Crippen molar-refractivity contribution in [3.63, 3.8) is 0 Å². The van der Waals surface area contributed by atoms with Crippen molar-refractivity contribution in [1.29, 1.82) is 0 Å². The highest BCUT2D eigenvalue weighted by Crippen LogP contribution is 2.19. The van der Waals surface area contributed by atoms with Crippen LogP contribution in [-0.4, -0.2) is 33.5 Å². The zero-order valence-corrected chi connectivity index (χ0v) is 11.4. The molecule has 0 spiro atoms. The SMILES string of the molecule is COCCOCCCCNc1ccc(C)cc1N. The molecule has 0 saturated heterocycles. The summed E-state index contributed by atoms with van der Waals surface area (Å²) in [6.07, 6.45) is 2.11. The molecule has 4 nitrogen and oxygen atoms in total. The van der Waals surface area contributed by atoms with Gasteiger partial charge in [0.15, 0.2) is 0 Å². The van der Waals surface area contributed by atoms with Gasteiger partial charge in [0.2, 0.25) is 0 Å². The summed E-state index contributed by atoms with van der Waals surface area (Å²) in [6, 6.07) is 6.07. The number of hydrogen-bond donors (Lipinski definition) is 2. The van der Waals surface area contributed by atoms with E-state index in [0.717, 1.165) is 37.4 Å². The molecule has 3 N–H and O–H groups in total. The van der Waals surface area contributed by atoms with E-state index in [1.807, 2.05) is 19.1 Å². The molecule has 0 aliphatic heterocycles. The number of benzene rings is 1. The van der Waals surface area contributed by atoms with Gasteiger partial charge in [-0.1, -0.05) is 6.07 Å². The molecule has 0 fully saturated rings. The van der Waals surface area contributed by atoms with E-state index in [0.29, 0.717) is 13.2 Å². The standard InChI is InChI=1S/C14H24N2O2/c1-12-5-6-14(13(15)11-12)16-7-3-4-8-18-10-9-17-2/h5-6,11,16H,3-4,7-10,15H2,1-2H3. The van der Waals surface area contributed by atoms with E-state index in [9.17, 15) is 0 Å². The number of nitrogens with one attached hydrogen (secondary N) is 1. The fourth-order valence-electron chi connectivity index (χ4n) is 1.64. The van der Waals surface area contributed by atoms with Crippen molar-refractivity contribution in [3.05, 3.63) is 23.8 Å². The third kappa shape index (κ3) is 5.89. The average molecular weight is 252 g/mol. The molecule has 1 aromatic carbocycles. The van der Waals surface area contributed by atoms with Gasteiger partial charge in [0, 0.05) is 20.3 Å². The van der Waals surface area contributed by atoms with E-state index in [-0.39, 0.29) is 0 Å². The van der Waals surface area contributed by atoms with Crippen molar-refractivity contribution in [2.24, 2.45) is 0 Å². The lowest BCUT2D eigenvalue weighted by Gasteiger charge is -2.10. The highest BCUT2D eigenvalue weighted by molar-refractivity contribution is 5.66. The lowest BCUT2D eigenvalue weighted by atomic mass is 10.2. The minimum atomic E-state index is 0.665. The van der Waals surface area contributed by atoms with Crippen LogP contribution in [0.2, 0.25) is 0 Å². The summed E-state index contributed by atoms with van der Waals surface area (Å²) in [5.41, 5.74) is 8.93. The molecule has 0 bridgehead atoms. The molecule has 0 aliphatic carbocycles. The predicted octanol–water partition coefficient (Wildman–Crippen LogP) is 2.43. The van der Waals surface area contributed by atoms with Crippen molar-refractivity contribution >= 4 is 11.4 Å². The first-order valence-corrected chi connectivity index (χ1v) is 6.40. The van der Waals surface area contributed by atoms with E-state index in [1.165, 1.54) is 5.56 Å². The second kappa shape index (κ2) is 8.78. The van der Waals surface area contributed by atoms with Crippen LogP contribution in [0.4, 0.5) is 11.4 Å². The lowest BCUT2D eigenvalue weighted by Crippen LogP contribution is -2.07. The molecule has 0 amide bonds. The first-order valence-electron chi connectivity index (χ1n) is 6.40. The summed E-state index contributed by atoms with van der Waals surface area (Å²) in [6.45, 7) is 5.08. The molecule has 102 valence electrons. The van der Waals surface area contributed by atoms with Crippen LogP contribution in [0.5, 0.6) is 0 Å². The molecule has 18 heavy (non-hydrogen) atoms. The average Bonchev–Trinajstić information content (AvgIpc) is 2.35. The number of rotatable bonds is 9. The van der Waals surface area contributed by atoms with Gasteiger partial charge in [0.05, 0.1) is 24.6 Å². The van der Waals surface area contributed by atoms with Crippen molar-refractivity contribution in [3.8, 4) is 0 Å². The van der Waals surface area contributed by atoms with Gasteiger partial charge in [0.1, 0.15) is 0 Å². The summed E-state index contributed by atoms with van der Waals surface area (Å²) in [5.74, 6) is 0. The summed E-state index contributed by atoms with van der Waals surface area (Å²) < 4.78 is 10.3. The Balaban J connectivity index is 2.07. The largest absolute Gasteiger partial charge is 0.397 e. The molecule has 0 aliphatic rings. The Morgan fingerprint density at radius 2 is 2.00 bits per heavy atom. The Morgan fingerprint density at radius 1 is 1.17 bits per heavy atom. The van der Waals surface area contributed by atoms with Gasteiger partial charge in [-0.3, -0.25) is 0 Å². The van der Waals surface area contributed by atoms with Gasteiger partial charge in [-0.25, -0.2) is 0 Å². The van der Waals surface area contributed by atoms with Gasteiger partial charge < -0.3 is 20.5 Å². The number of hydrogen-bond acceptors (Lipinski definition) is 4. The highest BCUT2D eigenvalue weighted by atomic mass is 16.5. The molecule has 1 rings (SSSR count). The Kier molecular flexibility index (Phi) is 7.22. The summed E-state index contributed by atoms with van der Waals surface area (Å²) in [5, 5.41) is 3.34. The molecule has 0 heterocycles. The molecule has 4 heteroatoms. The van der Waals surface area contributed by atoms with Gasteiger partial charge in [-0.2, -0.15) is 0 Å². The molecule has 0 aromatic heterocycles. The maximum absolute atomic E-state index is 5.92. The molecular formula is C14H24N2O2. The fraction of sp³-hybridized carbons (Fsp3) is 0.571. The number of methoxy groups -OCH3 is 1. The number of ether oxygens (including phenoxy) is 2. The molecule has 0 atom stereocenters. The quantitative estimate of drug-likeness (QED) is 0.523. The summed E-state index contributed by atoms with van der Waals surface area (Å²) in [7, 11) is 1.68. The van der Waals surface area contributed by atoms with Crippen LogP contribution in [0, 0.1) is 6.92 Å². The number of unbranched alkanes of at least 4 members (excludes halogenated alkanes) is 1. The Bertz CT molecular complexity index is 343. The normalized spacial score (nSPS) is 10.6. The third-order valence-electron chi connectivity index (χ3n) is 2.67. The second-order valence-electron chi connectivity index (χ2n) is 4.33. The zero-order valence-electron chi connectivity index (χ0n) is 11.4. The first kappa shape index (κ1) is 14.8. The molecule has 1 aromatic rings.